The molecule has 124 valence electrons. The van der Waals surface area contributed by atoms with Crippen LogP contribution in [0.25, 0.3) is 0 Å². The van der Waals surface area contributed by atoms with Crippen molar-refractivity contribution in [1.82, 2.24) is 4.90 Å². The van der Waals surface area contributed by atoms with Crippen molar-refractivity contribution in [1.29, 1.82) is 0 Å². The normalized spacial score (nSPS) is 28.6. The number of carboxylic acids is 1. The molecule has 4 heteroatoms. The van der Waals surface area contributed by atoms with Crippen LogP contribution >= 0.6 is 0 Å². The van der Waals surface area contributed by atoms with Crippen molar-refractivity contribution in [2.75, 3.05) is 20.3 Å². The van der Waals surface area contributed by atoms with E-state index in [9.17, 15) is 9.90 Å². The number of carboxylic acid groups (broad SMARTS) is 1. The molecule has 0 bridgehead atoms. The predicted octanol–water partition coefficient (Wildman–Crippen LogP) is 3.26. The lowest BCUT2D eigenvalue weighted by Gasteiger charge is -2.46. The molecule has 4 unspecified atom stereocenters. The summed E-state index contributed by atoms with van der Waals surface area (Å²) in [6.07, 6.45) is 2.79. The van der Waals surface area contributed by atoms with Crippen LogP contribution < -0.4 is 0 Å². The minimum absolute atomic E-state index is 0.121. The van der Waals surface area contributed by atoms with Crippen molar-refractivity contribution in [2.24, 2.45) is 17.3 Å². The van der Waals surface area contributed by atoms with Gasteiger partial charge in [-0.1, -0.05) is 27.7 Å². The first-order chi connectivity index (χ1) is 9.72. The lowest BCUT2D eigenvalue weighted by atomic mass is 9.67. The number of aliphatic carboxylic acids is 1. The van der Waals surface area contributed by atoms with Gasteiger partial charge in [0.1, 0.15) is 0 Å². The maximum Gasteiger partial charge on any atom is 0.308 e. The van der Waals surface area contributed by atoms with Gasteiger partial charge in [0.2, 0.25) is 0 Å². The minimum Gasteiger partial charge on any atom is -0.481 e. The number of carbonyl (C=O) groups is 1. The zero-order chi connectivity index (χ0) is 16.2. The van der Waals surface area contributed by atoms with Crippen molar-refractivity contribution in [3.63, 3.8) is 0 Å². The van der Waals surface area contributed by atoms with Crippen molar-refractivity contribution in [3.8, 4) is 0 Å². The summed E-state index contributed by atoms with van der Waals surface area (Å²) in [7, 11) is 1.71. The first-order valence-electron chi connectivity index (χ1n) is 8.19. The third-order valence-corrected chi connectivity index (χ3v) is 5.12. The quantitative estimate of drug-likeness (QED) is 0.818. The van der Waals surface area contributed by atoms with Crippen LogP contribution in [0.4, 0.5) is 0 Å². The summed E-state index contributed by atoms with van der Waals surface area (Å²) in [6.45, 7) is 12.6. The molecule has 0 saturated heterocycles. The van der Waals surface area contributed by atoms with Gasteiger partial charge in [0.15, 0.2) is 0 Å². The molecule has 4 nitrogen and oxygen atoms in total. The van der Waals surface area contributed by atoms with Gasteiger partial charge in [-0.25, -0.2) is 0 Å². The van der Waals surface area contributed by atoms with Gasteiger partial charge in [0.05, 0.1) is 12.5 Å². The number of nitrogens with zero attached hydrogens (tertiary/aromatic N) is 1. The average Bonchev–Trinajstić information content (AvgIpc) is 2.38. The highest BCUT2D eigenvalue weighted by atomic mass is 16.5. The second kappa shape index (κ2) is 7.59. The maximum atomic E-state index is 11.7. The monoisotopic (exact) mass is 299 g/mol. The lowest BCUT2D eigenvalue weighted by Crippen LogP contribution is -2.52. The Hall–Kier alpha value is -0.610. The molecule has 4 atom stereocenters. The van der Waals surface area contributed by atoms with E-state index in [0.717, 1.165) is 25.8 Å². The summed E-state index contributed by atoms with van der Waals surface area (Å²) < 4.78 is 5.28. The fraction of sp³-hybridized carbons (Fsp3) is 0.941. The summed E-state index contributed by atoms with van der Waals surface area (Å²) in [6, 6.07) is 0.376. The summed E-state index contributed by atoms with van der Waals surface area (Å²) in [5.41, 5.74) is 0.242. The van der Waals surface area contributed by atoms with Crippen LogP contribution in [0.15, 0.2) is 0 Å². The summed E-state index contributed by atoms with van der Waals surface area (Å²) in [4.78, 5) is 14.0. The first kappa shape index (κ1) is 18.4. The third-order valence-electron chi connectivity index (χ3n) is 5.12. The van der Waals surface area contributed by atoms with Crippen LogP contribution in [0.1, 0.15) is 53.9 Å². The smallest absolute Gasteiger partial charge is 0.308 e. The molecule has 0 spiro atoms. The topological polar surface area (TPSA) is 49.8 Å². The van der Waals surface area contributed by atoms with Gasteiger partial charge in [0.25, 0.3) is 0 Å². The van der Waals surface area contributed by atoms with E-state index in [-0.39, 0.29) is 23.4 Å². The molecule has 1 rings (SSSR count). The number of rotatable bonds is 6. The largest absolute Gasteiger partial charge is 0.481 e. The molecule has 0 aromatic carbocycles. The van der Waals surface area contributed by atoms with Crippen molar-refractivity contribution in [3.05, 3.63) is 0 Å². The minimum atomic E-state index is -0.643. The molecule has 1 N–H and O–H groups in total. The molecular formula is C17H33NO3. The number of hydrogen-bond donors (Lipinski definition) is 1. The van der Waals surface area contributed by atoms with Gasteiger partial charge in [-0.2, -0.15) is 0 Å². The Kier molecular flexibility index (Phi) is 6.67. The average molecular weight is 299 g/mol. The number of ether oxygens (including phenoxy) is 1. The summed E-state index contributed by atoms with van der Waals surface area (Å²) in [5, 5.41) is 9.60. The fourth-order valence-corrected chi connectivity index (χ4v) is 3.80. The molecule has 0 heterocycles. The van der Waals surface area contributed by atoms with Crippen molar-refractivity contribution >= 4 is 5.97 Å². The van der Waals surface area contributed by atoms with E-state index in [4.69, 9.17) is 4.74 Å². The van der Waals surface area contributed by atoms with Gasteiger partial charge in [0, 0.05) is 19.2 Å². The Balaban J connectivity index is 2.95. The predicted molar refractivity (Wildman–Crippen MR) is 85.4 cm³/mol. The molecule has 1 fully saturated rings. The van der Waals surface area contributed by atoms with E-state index in [1.165, 1.54) is 0 Å². The van der Waals surface area contributed by atoms with E-state index in [2.05, 4.69) is 39.5 Å². The Labute approximate surface area is 129 Å². The fourth-order valence-electron chi connectivity index (χ4n) is 3.80. The summed E-state index contributed by atoms with van der Waals surface area (Å²) >= 11 is 0. The van der Waals surface area contributed by atoms with Gasteiger partial charge in [-0.15, -0.1) is 0 Å². The zero-order valence-corrected chi connectivity index (χ0v) is 14.6. The second-order valence-electron chi connectivity index (χ2n) is 7.52. The number of likely N-dealkylation sites (N-methyl/N-ethyl adjacent to an activating group) is 1. The standard InChI is InChI=1S/C17H33NO3/c1-7-18(12(2)11-21-6)15-10-13(17(3,4)5)8-9-14(15)16(19)20/h12-15H,7-11H2,1-6H3,(H,19,20). The highest BCUT2D eigenvalue weighted by Crippen LogP contribution is 2.42. The van der Waals surface area contributed by atoms with Crippen molar-refractivity contribution < 1.29 is 14.6 Å². The molecular weight excluding hydrogens is 266 g/mol. The Bertz CT molecular complexity index is 337. The molecule has 0 amide bonds. The highest BCUT2D eigenvalue weighted by molar-refractivity contribution is 5.71. The van der Waals surface area contributed by atoms with Crippen LogP contribution in [-0.4, -0.2) is 48.3 Å². The third kappa shape index (κ3) is 4.68. The molecule has 0 aromatic heterocycles. The van der Waals surface area contributed by atoms with E-state index in [1.807, 2.05) is 0 Å². The zero-order valence-electron chi connectivity index (χ0n) is 14.6. The highest BCUT2D eigenvalue weighted by Gasteiger charge is 2.42. The Morgan fingerprint density at radius 3 is 2.43 bits per heavy atom. The summed E-state index contributed by atoms with van der Waals surface area (Å²) in [5.74, 6) is -0.305. The first-order valence-corrected chi connectivity index (χ1v) is 8.19. The number of methoxy groups -OCH3 is 1. The van der Waals surface area contributed by atoms with E-state index in [0.29, 0.717) is 12.5 Å². The Morgan fingerprint density at radius 2 is 2.00 bits per heavy atom. The molecule has 1 aliphatic carbocycles. The van der Waals surface area contributed by atoms with Crippen molar-refractivity contribution in [2.45, 2.75) is 66.0 Å². The van der Waals surface area contributed by atoms with Gasteiger partial charge in [-0.05, 0) is 44.1 Å². The van der Waals surface area contributed by atoms with Crippen LogP contribution in [0, 0.1) is 17.3 Å². The van der Waals surface area contributed by atoms with E-state index >= 15 is 0 Å². The van der Waals surface area contributed by atoms with Crippen LogP contribution in [0.2, 0.25) is 0 Å². The molecule has 1 aliphatic rings. The molecule has 1 saturated carbocycles. The van der Waals surface area contributed by atoms with Crippen LogP contribution in [0.3, 0.4) is 0 Å². The van der Waals surface area contributed by atoms with Gasteiger partial charge >= 0.3 is 5.97 Å². The maximum absolute atomic E-state index is 11.7. The van der Waals surface area contributed by atoms with E-state index < -0.39 is 5.97 Å². The van der Waals surface area contributed by atoms with Gasteiger partial charge < -0.3 is 9.84 Å². The SMILES string of the molecule is CCN(C(C)COC)C1CC(C(C)(C)C)CCC1C(=O)O. The lowest BCUT2D eigenvalue weighted by molar-refractivity contribution is -0.147. The second-order valence-corrected chi connectivity index (χ2v) is 7.52. The number of hydrogen-bond acceptors (Lipinski definition) is 3. The molecule has 21 heavy (non-hydrogen) atoms. The molecule has 0 aromatic rings. The van der Waals surface area contributed by atoms with Crippen LogP contribution in [0.5, 0.6) is 0 Å². The molecule has 0 aliphatic heterocycles. The Morgan fingerprint density at radius 1 is 1.38 bits per heavy atom. The van der Waals surface area contributed by atoms with E-state index in [1.54, 1.807) is 7.11 Å². The van der Waals surface area contributed by atoms with Crippen LogP contribution in [-0.2, 0) is 9.53 Å². The van der Waals surface area contributed by atoms with Gasteiger partial charge in [-0.3, -0.25) is 9.69 Å². The molecule has 0 radical (unpaired) electrons.